The highest BCUT2D eigenvalue weighted by molar-refractivity contribution is 5.38. The van der Waals surface area contributed by atoms with Crippen LogP contribution in [0.5, 0.6) is 0 Å². The van der Waals surface area contributed by atoms with Crippen molar-refractivity contribution in [2.75, 3.05) is 6.54 Å². The summed E-state index contributed by atoms with van der Waals surface area (Å²) in [6, 6.07) is 4.52. The predicted molar refractivity (Wildman–Crippen MR) is 58.1 cm³/mol. The number of rotatable bonds is 3. The van der Waals surface area contributed by atoms with E-state index in [-0.39, 0.29) is 0 Å². The molecule has 1 rings (SSSR count). The molecule has 0 bridgehead atoms. The van der Waals surface area contributed by atoms with Crippen molar-refractivity contribution in [3.05, 3.63) is 34.4 Å². The van der Waals surface area contributed by atoms with Gasteiger partial charge in [-0.15, -0.1) is 0 Å². The fraction of sp³-hybridized carbons (Fsp3) is 0.500. The minimum absolute atomic E-state index is 0.743. The highest BCUT2D eigenvalue weighted by Crippen LogP contribution is 2.17. The molecule has 1 heteroatoms. The highest BCUT2D eigenvalue weighted by Gasteiger charge is 2.03. The van der Waals surface area contributed by atoms with E-state index in [0.717, 1.165) is 19.4 Å². The van der Waals surface area contributed by atoms with E-state index in [1.165, 1.54) is 22.3 Å². The van der Waals surface area contributed by atoms with E-state index in [2.05, 4.69) is 32.9 Å². The molecule has 0 aliphatic carbocycles. The Labute approximate surface area is 81.0 Å². The molecular formula is C12H19N. The fourth-order valence-corrected chi connectivity index (χ4v) is 1.80. The average molecular weight is 177 g/mol. The van der Waals surface area contributed by atoms with Crippen LogP contribution < -0.4 is 5.73 Å². The van der Waals surface area contributed by atoms with Gasteiger partial charge in [0.05, 0.1) is 0 Å². The molecule has 0 unspecified atom stereocenters. The SMILES string of the molecule is CCc1cc(C)cc(CCN)c1C. The molecular weight excluding hydrogens is 158 g/mol. The molecule has 0 aliphatic heterocycles. The van der Waals surface area contributed by atoms with Gasteiger partial charge in [-0.3, -0.25) is 0 Å². The van der Waals surface area contributed by atoms with Crippen molar-refractivity contribution in [1.29, 1.82) is 0 Å². The third kappa shape index (κ3) is 2.31. The first-order valence-corrected chi connectivity index (χ1v) is 4.98. The van der Waals surface area contributed by atoms with Crippen LogP contribution in [-0.2, 0) is 12.8 Å². The Bertz CT molecular complexity index is 289. The Balaban J connectivity index is 3.11. The van der Waals surface area contributed by atoms with Crippen molar-refractivity contribution in [2.45, 2.75) is 33.6 Å². The molecule has 0 spiro atoms. The summed E-state index contributed by atoms with van der Waals surface area (Å²) in [5, 5.41) is 0. The summed E-state index contributed by atoms with van der Waals surface area (Å²) in [6.07, 6.45) is 2.12. The monoisotopic (exact) mass is 177 g/mol. The number of aryl methyl sites for hydroxylation is 2. The molecule has 0 aromatic heterocycles. The van der Waals surface area contributed by atoms with Crippen molar-refractivity contribution >= 4 is 0 Å². The number of hydrogen-bond acceptors (Lipinski definition) is 1. The Morgan fingerprint density at radius 3 is 2.31 bits per heavy atom. The minimum Gasteiger partial charge on any atom is -0.330 e. The highest BCUT2D eigenvalue weighted by atomic mass is 14.5. The zero-order chi connectivity index (χ0) is 9.84. The van der Waals surface area contributed by atoms with Gasteiger partial charge in [0, 0.05) is 0 Å². The summed E-state index contributed by atoms with van der Waals surface area (Å²) < 4.78 is 0. The first-order valence-electron chi connectivity index (χ1n) is 4.98. The third-order valence-electron chi connectivity index (χ3n) is 2.56. The summed E-state index contributed by atoms with van der Waals surface area (Å²) >= 11 is 0. The van der Waals surface area contributed by atoms with Crippen LogP contribution in [0, 0.1) is 13.8 Å². The third-order valence-corrected chi connectivity index (χ3v) is 2.56. The predicted octanol–water partition coefficient (Wildman–Crippen LogP) is 2.37. The average Bonchev–Trinajstić information content (AvgIpc) is 2.11. The molecule has 0 radical (unpaired) electrons. The lowest BCUT2D eigenvalue weighted by atomic mass is 9.96. The minimum atomic E-state index is 0.743. The summed E-state index contributed by atoms with van der Waals surface area (Å²) in [5.74, 6) is 0. The molecule has 0 aliphatic rings. The van der Waals surface area contributed by atoms with E-state index in [1.54, 1.807) is 0 Å². The first kappa shape index (κ1) is 10.3. The lowest BCUT2D eigenvalue weighted by Crippen LogP contribution is -2.05. The van der Waals surface area contributed by atoms with Gasteiger partial charge >= 0.3 is 0 Å². The van der Waals surface area contributed by atoms with Crippen molar-refractivity contribution in [3.8, 4) is 0 Å². The largest absolute Gasteiger partial charge is 0.330 e. The zero-order valence-corrected chi connectivity index (χ0v) is 8.85. The van der Waals surface area contributed by atoms with Gasteiger partial charge in [0.2, 0.25) is 0 Å². The smallest absolute Gasteiger partial charge is 0.00366 e. The summed E-state index contributed by atoms with van der Waals surface area (Å²) in [5.41, 5.74) is 11.2. The van der Waals surface area contributed by atoms with Crippen molar-refractivity contribution < 1.29 is 0 Å². The normalized spacial score (nSPS) is 10.5. The molecule has 1 aromatic carbocycles. The van der Waals surface area contributed by atoms with E-state index in [9.17, 15) is 0 Å². The molecule has 0 amide bonds. The van der Waals surface area contributed by atoms with Crippen LogP contribution in [-0.4, -0.2) is 6.54 Å². The van der Waals surface area contributed by atoms with Crippen LogP contribution in [0.3, 0.4) is 0 Å². The van der Waals surface area contributed by atoms with Gasteiger partial charge in [-0.25, -0.2) is 0 Å². The number of benzene rings is 1. The van der Waals surface area contributed by atoms with Crippen LogP contribution in [0.15, 0.2) is 12.1 Å². The van der Waals surface area contributed by atoms with Gasteiger partial charge < -0.3 is 5.73 Å². The summed E-state index contributed by atoms with van der Waals surface area (Å²) in [7, 11) is 0. The molecule has 1 nitrogen and oxygen atoms in total. The van der Waals surface area contributed by atoms with Crippen LogP contribution >= 0.6 is 0 Å². The van der Waals surface area contributed by atoms with Crippen LogP contribution in [0.1, 0.15) is 29.2 Å². The zero-order valence-electron chi connectivity index (χ0n) is 8.85. The van der Waals surface area contributed by atoms with Crippen LogP contribution in [0.25, 0.3) is 0 Å². The van der Waals surface area contributed by atoms with Gasteiger partial charge in [-0.1, -0.05) is 24.6 Å². The second-order valence-corrected chi connectivity index (χ2v) is 3.60. The molecule has 13 heavy (non-hydrogen) atoms. The molecule has 1 aromatic rings. The molecule has 0 atom stereocenters. The second kappa shape index (κ2) is 4.43. The summed E-state index contributed by atoms with van der Waals surface area (Å²) in [4.78, 5) is 0. The first-order chi connectivity index (χ1) is 6.19. The standard InChI is InChI=1S/C12H19N/c1-4-11-7-9(2)8-12(5-6-13)10(11)3/h7-8H,4-6,13H2,1-3H3. The van der Waals surface area contributed by atoms with Gasteiger partial charge in [0.25, 0.3) is 0 Å². The molecule has 0 saturated heterocycles. The molecule has 2 N–H and O–H groups in total. The van der Waals surface area contributed by atoms with E-state index < -0.39 is 0 Å². The van der Waals surface area contributed by atoms with Crippen molar-refractivity contribution in [2.24, 2.45) is 5.73 Å². The van der Waals surface area contributed by atoms with Crippen molar-refractivity contribution in [3.63, 3.8) is 0 Å². The maximum Gasteiger partial charge on any atom is -0.00366 e. The van der Waals surface area contributed by atoms with E-state index in [1.807, 2.05) is 0 Å². The second-order valence-electron chi connectivity index (χ2n) is 3.60. The molecule has 0 heterocycles. The van der Waals surface area contributed by atoms with Gasteiger partial charge in [0.15, 0.2) is 0 Å². The Hall–Kier alpha value is -0.820. The van der Waals surface area contributed by atoms with E-state index in [4.69, 9.17) is 5.73 Å². The number of hydrogen-bond donors (Lipinski definition) is 1. The Kier molecular flexibility index (Phi) is 3.49. The topological polar surface area (TPSA) is 26.0 Å². The van der Waals surface area contributed by atoms with Crippen LogP contribution in [0.4, 0.5) is 0 Å². The lowest BCUT2D eigenvalue weighted by molar-refractivity contribution is 0.943. The molecule has 0 fully saturated rings. The van der Waals surface area contributed by atoms with Gasteiger partial charge in [-0.05, 0) is 49.9 Å². The van der Waals surface area contributed by atoms with Crippen molar-refractivity contribution in [1.82, 2.24) is 0 Å². The van der Waals surface area contributed by atoms with Gasteiger partial charge in [0.1, 0.15) is 0 Å². The number of nitrogens with two attached hydrogens (primary N) is 1. The van der Waals surface area contributed by atoms with E-state index in [0.29, 0.717) is 0 Å². The van der Waals surface area contributed by atoms with Crippen LogP contribution in [0.2, 0.25) is 0 Å². The Morgan fingerprint density at radius 1 is 1.15 bits per heavy atom. The lowest BCUT2D eigenvalue weighted by Gasteiger charge is -2.10. The van der Waals surface area contributed by atoms with Gasteiger partial charge in [-0.2, -0.15) is 0 Å². The molecule has 0 saturated carbocycles. The fourth-order valence-electron chi connectivity index (χ4n) is 1.80. The van der Waals surface area contributed by atoms with E-state index >= 15 is 0 Å². The summed E-state index contributed by atoms with van der Waals surface area (Å²) in [6.45, 7) is 7.29. The Morgan fingerprint density at radius 2 is 1.77 bits per heavy atom. The maximum absolute atomic E-state index is 5.57. The quantitative estimate of drug-likeness (QED) is 0.753. The maximum atomic E-state index is 5.57. The molecule has 72 valence electrons.